The molecular weight excluding hydrogens is 308 g/mol. The zero-order valence-electron chi connectivity index (χ0n) is 17.1. The molecule has 2 saturated carbocycles. The summed E-state index contributed by atoms with van der Waals surface area (Å²) in [6.45, 7) is 6.41. The van der Waals surface area contributed by atoms with E-state index >= 15 is 0 Å². The molecule has 2 aliphatic carbocycles. The highest BCUT2D eigenvalue weighted by molar-refractivity contribution is 5.10. The molecule has 2 nitrogen and oxygen atoms in total. The van der Waals surface area contributed by atoms with Crippen LogP contribution in [0.25, 0.3) is 0 Å². The van der Waals surface area contributed by atoms with Crippen LogP contribution in [-0.4, -0.2) is 19.3 Å². The number of unbranched alkanes of at least 4 members (excludes halogenated alkanes) is 10. The normalized spacial score (nSPS) is 25.9. The molecule has 147 valence electrons. The van der Waals surface area contributed by atoms with Crippen molar-refractivity contribution < 1.29 is 9.47 Å². The predicted octanol–water partition coefficient (Wildman–Crippen LogP) is 7.07. The van der Waals surface area contributed by atoms with Gasteiger partial charge in [-0.05, 0) is 43.9 Å². The Bertz CT molecular complexity index is 287. The fourth-order valence-electron chi connectivity index (χ4n) is 4.60. The van der Waals surface area contributed by atoms with Gasteiger partial charge in [-0.1, -0.05) is 78.1 Å². The predicted molar refractivity (Wildman–Crippen MR) is 107 cm³/mol. The second kappa shape index (κ2) is 13.1. The largest absolute Gasteiger partial charge is 0.375 e. The lowest BCUT2D eigenvalue weighted by Crippen LogP contribution is -2.31. The molecule has 3 atom stereocenters. The summed E-state index contributed by atoms with van der Waals surface area (Å²) < 4.78 is 12.6. The zero-order valence-corrected chi connectivity index (χ0v) is 17.1. The van der Waals surface area contributed by atoms with E-state index in [-0.39, 0.29) is 0 Å². The molecule has 0 amide bonds. The van der Waals surface area contributed by atoms with Crippen LogP contribution in [0.2, 0.25) is 0 Å². The quantitative estimate of drug-likeness (QED) is 0.277. The van der Waals surface area contributed by atoms with Crippen LogP contribution >= 0.6 is 0 Å². The standard InChI is InChI=1S/C23H43O2/c1-3-5-7-9-11-13-17-24-22-20-15-16-21(19-20)23(22)25-18-14-12-10-8-6-4-2/h20-22H,3-19H2,1-2H3. The summed E-state index contributed by atoms with van der Waals surface area (Å²) in [5.41, 5.74) is 0. The van der Waals surface area contributed by atoms with Gasteiger partial charge in [0.15, 0.2) is 0 Å². The molecule has 2 fully saturated rings. The maximum atomic E-state index is 6.30. The summed E-state index contributed by atoms with van der Waals surface area (Å²) in [7, 11) is 0. The minimum atomic E-state index is 0.328. The molecule has 0 saturated heterocycles. The summed E-state index contributed by atoms with van der Waals surface area (Å²) in [6.07, 6.45) is 21.7. The smallest absolute Gasteiger partial charge is 0.129 e. The topological polar surface area (TPSA) is 18.5 Å². The molecule has 0 aromatic heterocycles. The SMILES string of the molecule is CCCCCCCCO[C]1C2CCC(C2)C1OCCCCCCCC. The number of ether oxygens (including phenoxy) is 2. The van der Waals surface area contributed by atoms with E-state index in [0.29, 0.717) is 12.0 Å². The Balaban J connectivity index is 1.55. The third-order valence-electron chi connectivity index (χ3n) is 6.15. The van der Waals surface area contributed by atoms with Gasteiger partial charge in [-0.2, -0.15) is 0 Å². The van der Waals surface area contributed by atoms with E-state index in [1.807, 2.05) is 0 Å². The van der Waals surface area contributed by atoms with Crippen LogP contribution in [0.1, 0.15) is 110 Å². The second-order valence-corrected chi connectivity index (χ2v) is 8.35. The molecule has 2 heteroatoms. The Hall–Kier alpha value is -0.0800. The molecule has 0 N–H and O–H groups in total. The van der Waals surface area contributed by atoms with Gasteiger partial charge in [0.05, 0.1) is 6.10 Å². The molecule has 1 radical (unpaired) electrons. The molecular formula is C23H43O2. The molecule has 0 aliphatic heterocycles. The van der Waals surface area contributed by atoms with E-state index in [4.69, 9.17) is 9.47 Å². The fraction of sp³-hybridized carbons (Fsp3) is 0.957. The highest BCUT2D eigenvalue weighted by Gasteiger charge is 2.49. The maximum absolute atomic E-state index is 6.30. The van der Waals surface area contributed by atoms with Gasteiger partial charge in [0.1, 0.15) is 6.10 Å². The van der Waals surface area contributed by atoms with Gasteiger partial charge in [0.2, 0.25) is 0 Å². The molecule has 2 rings (SSSR count). The minimum Gasteiger partial charge on any atom is -0.375 e. The first-order chi connectivity index (χ1) is 12.4. The van der Waals surface area contributed by atoms with Crippen molar-refractivity contribution in [2.45, 2.75) is 116 Å². The molecule has 0 aromatic rings. The van der Waals surface area contributed by atoms with E-state index in [2.05, 4.69) is 13.8 Å². The van der Waals surface area contributed by atoms with E-state index in [1.165, 1.54) is 102 Å². The first kappa shape index (κ1) is 21.2. The zero-order chi connectivity index (χ0) is 17.7. The van der Waals surface area contributed by atoms with E-state index < -0.39 is 0 Å². The summed E-state index contributed by atoms with van der Waals surface area (Å²) in [5.74, 6) is 1.46. The van der Waals surface area contributed by atoms with Gasteiger partial charge in [-0.3, -0.25) is 0 Å². The molecule has 0 heterocycles. The monoisotopic (exact) mass is 351 g/mol. The number of hydrogen-bond donors (Lipinski definition) is 0. The number of rotatable bonds is 16. The van der Waals surface area contributed by atoms with Crippen molar-refractivity contribution in [2.24, 2.45) is 11.8 Å². The number of fused-ring (bicyclic) bond motifs is 2. The fourth-order valence-corrected chi connectivity index (χ4v) is 4.60. The van der Waals surface area contributed by atoms with Crippen molar-refractivity contribution in [2.75, 3.05) is 13.2 Å². The summed E-state index contributed by atoms with van der Waals surface area (Å²) in [6, 6.07) is 0. The van der Waals surface area contributed by atoms with Crippen molar-refractivity contribution in [3.8, 4) is 0 Å². The van der Waals surface area contributed by atoms with Crippen molar-refractivity contribution in [3.05, 3.63) is 6.10 Å². The van der Waals surface area contributed by atoms with Crippen molar-refractivity contribution in [1.29, 1.82) is 0 Å². The van der Waals surface area contributed by atoms with Crippen LogP contribution in [0.15, 0.2) is 0 Å². The van der Waals surface area contributed by atoms with Gasteiger partial charge in [-0.15, -0.1) is 0 Å². The minimum absolute atomic E-state index is 0.328. The Kier molecular flexibility index (Phi) is 11.2. The Morgan fingerprint density at radius 3 is 2.00 bits per heavy atom. The second-order valence-electron chi connectivity index (χ2n) is 8.35. The van der Waals surface area contributed by atoms with Gasteiger partial charge in [0, 0.05) is 13.2 Å². The van der Waals surface area contributed by atoms with Crippen LogP contribution < -0.4 is 0 Å². The lowest BCUT2D eigenvalue weighted by atomic mass is 9.94. The van der Waals surface area contributed by atoms with Gasteiger partial charge in [0.25, 0.3) is 0 Å². The molecule has 25 heavy (non-hydrogen) atoms. The Morgan fingerprint density at radius 2 is 1.32 bits per heavy atom. The van der Waals surface area contributed by atoms with Crippen LogP contribution in [0.4, 0.5) is 0 Å². The van der Waals surface area contributed by atoms with Crippen LogP contribution in [0, 0.1) is 17.9 Å². The number of hydrogen-bond acceptors (Lipinski definition) is 2. The lowest BCUT2D eigenvalue weighted by molar-refractivity contribution is -0.0396. The van der Waals surface area contributed by atoms with Gasteiger partial charge >= 0.3 is 0 Å². The van der Waals surface area contributed by atoms with Crippen molar-refractivity contribution >= 4 is 0 Å². The Labute approximate surface area is 157 Å². The molecule has 0 aromatic carbocycles. The summed E-state index contributed by atoms with van der Waals surface area (Å²) in [4.78, 5) is 0. The highest BCUT2D eigenvalue weighted by Crippen LogP contribution is 2.51. The molecule has 3 unspecified atom stereocenters. The first-order valence-corrected chi connectivity index (χ1v) is 11.5. The molecule has 0 spiro atoms. The first-order valence-electron chi connectivity index (χ1n) is 11.5. The Morgan fingerprint density at radius 1 is 0.720 bits per heavy atom. The van der Waals surface area contributed by atoms with Crippen LogP contribution in [0.5, 0.6) is 0 Å². The molecule has 2 bridgehead atoms. The van der Waals surface area contributed by atoms with Crippen molar-refractivity contribution in [1.82, 2.24) is 0 Å². The third-order valence-corrected chi connectivity index (χ3v) is 6.15. The average Bonchev–Trinajstić information content (AvgIpc) is 3.22. The van der Waals surface area contributed by atoms with E-state index in [9.17, 15) is 0 Å². The molecule has 2 aliphatic rings. The summed E-state index contributed by atoms with van der Waals surface area (Å²) in [5, 5.41) is 0. The van der Waals surface area contributed by atoms with E-state index in [0.717, 1.165) is 19.1 Å². The third kappa shape index (κ3) is 7.59. The highest BCUT2D eigenvalue weighted by atomic mass is 16.5. The van der Waals surface area contributed by atoms with E-state index in [1.54, 1.807) is 0 Å². The van der Waals surface area contributed by atoms with Crippen LogP contribution in [0.3, 0.4) is 0 Å². The average molecular weight is 352 g/mol. The summed E-state index contributed by atoms with van der Waals surface area (Å²) >= 11 is 0. The van der Waals surface area contributed by atoms with Gasteiger partial charge < -0.3 is 9.47 Å². The van der Waals surface area contributed by atoms with Crippen molar-refractivity contribution in [3.63, 3.8) is 0 Å². The van der Waals surface area contributed by atoms with Gasteiger partial charge in [-0.25, -0.2) is 0 Å². The van der Waals surface area contributed by atoms with Crippen LogP contribution in [-0.2, 0) is 9.47 Å². The lowest BCUT2D eigenvalue weighted by Gasteiger charge is -2.30. The maximum Gasteiger partial charge on any atom is 0.129 e.